The molecule has 1 aliphatic heterocycles. The second-order valence-corrected chi connectivity index (χ2v) is 4.92. The predicted molar refractivity (Wildman–Crippen MR) is 73.9 cm³/mol. The smallest absolute Gasteiger partial charge is 0.315 e. The Morgan fingerprint density at radius 1 is 1.19 bits per heavy atom. The third-order valence-corrected chi connectivity index (χ3v) is 3.36. The summed E-state index contributed by atoms with van der Waals surface area (Å²) in [6.07, 6.45) is -0.250. The Bertz CT molecular complexity index is 524. The van der Waals surface area contributed by atoms with Crippen LogP contribution < -0.4 is 11.5 Å². The number of nitrogens with zero attached hydrogens (tertiary/aromatic N) is 1. The maximum absolute atomic E-state index is 11.8. The fraction of sp³-hybridized carbons (Fsp3) is 0.357. The van der Waals surface area contributed by atoms with Gasteiger partial charge in [0, 0.05) is 6.42 Å². The zero-order chi connectivity index (χ0) is 15.4. The Balaban J connectivity index is 1.93. The van der Waals surface area contributed by atoms with Crippen LogP contribution in [0.2, 0.25) is 0 Å². The third kappa shape index (κ3) is 3.71. The predicted octanol–water partition coefficient (Wildman–Crippen LogP) is -0.221. The Morgan fingerprint density at radius 3 is 2.38 bits per heavy atom. The van der Waals surface area contributed by atoms with Crippen molar-refractivity contribution in [2.24, 2.45) is 11.5 Å². The summed E-state index contributed by atoms with van der Waals surface area (Å²) in [5.41, 5.74) is 11.2. The highest BCUT2D eigenvalue weighted by atomic mass is 16.5. The normalized spacial score (nSPS) is 21.0. The minimum Gasteiger partial charge on any atom is -0.460 e. The van der Waals surface area contributed by atoms with Gasteiger partial charge in [-0.25, -0.2) is 4.79 Å². The lowest BCUT2D eigenvalue weighted by atomic mass is 10.1. The number of urea groups is 1. The Labute approximate surface area is 121 Å². The number of hydrogen-bond acceptors (Lipinski definition) is 4. The second kappa shape index (κ2) is 6.25. The van der Waals surface area contributed by atoms with Crippen LogP contribution in [0.5, 0.6) is 0 Å². The monoisotopic (exact) mass is 291 g/mol. The number of ether oxygens (including phenoxy) is 1. The zero-order valence-electron chi connectivity index (χ0n) is 11.4. The Morgan fingerprint density at radius 2 is 1.86 bits per heavy atom. The van der Waals surface area contributed by atoms with E-state index >= 15 is 0 Å². The number of rotatable bonds is 4. The number of esters is 1. The first-order chi connectivity index (χ1) is 9.97. The van der Waals surface area contributed by atoms with E-state index in [9.17, 15) is 14.4 Å². The molecule has 112 valence electrons. The maximum atomic E-state index is 11.8. The lowest BCUT2D eigenvalue weighted by Crippen LogP contribution is -2.46. The standard InChI is InChI=1S/C14H17N3O4/c15-13(19)11-7-10(8-17(11)14(16)20)21-12(18)6-9-4-2-1-3-5-9/h1-5,10-11H,6-8H2,(H2,15,19)(H2,16,20). The van der Waals surface area contributed by atoms with Crippen molar-refractivity contribution in [2.75, 3.05) is 6.54 Å². The van der Waals surface area contributed by atoms with Crippen LogP contribution in [0.3, 0.4) is 0 Å². The van der Waals surface area contributed by atoms with E-state index in [-0.39, 0.29) is 19.4 Å². The van der Waals surface area contributed by atoms with E-state index in [4.69, 9.17) is 16.2 Å². The van der Waals surface area contributed by atoms with Crippen molar-refractivity contribution in [3.63, 3.8) is 0 Å². The number of primary amides is 2. The quantitative estimate of drug-likeness (QED) is 0.746. The number of carbonyl (C=O) groups excluding carboxylic acids is 3. The van der Waals surface area contributed by atoms with Crippen LogP contribution in [0, 0.1) is 0 Å². The lowest BCUT2D eigenvalue weighted by Gasteiger charge is -2.18. The van der Waals surface area contributed by atoms with Crippen molar-refractivity contribution >= 4 is 17.9 Å². The Hall–Kier alpha value is -2.57. The van der Waals surface area contributed by atoms with Crippen LogP contribution in [0.1, 0.15) is 12.0 Å². The van der Waals surface area contributed by atoms with Gasteiger partial charge in [0.15, 0.2) is 0 Å². The fourth-order valence-corrected chi connectivity index (χ4v) is 2.39. The van der Waals surface area contributed by atoms with Crippen LogP contribution in [-0.4, -0.2) is 41.5 Å². The van der Waals surface area contributed by atoms with Gasteiger partial charge in [-0.1, -0.05) is 30.3 Å². The van der Waals surface area contributed by atoms with Crippen molar-refractivity contribution in [1.29, 1.82) is 0 Å². The van der Waals surface area contributed by atoms with Crippen LogP contribution in [0.15, 0.2) is 30.3 Å². The van der Waals surface area contributed by atoms with Gasteiger partial charge in [-0.3, -0.25) is 9.59 Å². The number of likely N-dealkylation sites (tertiary alicyclic amines) is 1. The molecule has 2 unspecified atom stereocenters. The molecule has 0 aromatic heterocycles. The van der Waals surface area contributed by atoms with Gasteiger partial charge in [0.1, 0.15) is 12.1 Å². The highest BCUT2D eigenvalue weighted by molar-refractivity contribution is 5.86. The van der Waals surface area contributed by atoms with Gasteiger partial charge >= 0.3 is 12.0 Å². The first-order valence-electron chi connectivity index (χ1n) is 6.56. The minimum atomic E-state index is -0.822. The molecule has 21 heavy (non-hydrogen) atoms. The van der Waals surface area contributed by atoms with E-state index in [0.29, 0.717) is 0 Å². The molecule has 2 rings (SSSR count). The first kappa shape index (κ1) is 14.8. The molecule has 3 amide bonds. The van der Waals surface area contributed by atoms with E-state index in [1.165, 1.54) is 0 Å². The van der Waals surface area contributed by atoms with Gasteiger partial charge in [-0.05, 0) is 5.56 Å². The second-order valence-electron chi connectivity index (χ2n) is 4.92. The fourth-order valence-electron chi connectivity index (χ4n) is 2.39. The Kier molecular flexibility index (Phi) is 4.42. The van der Waals surface area contributed by atoms with Crippen molar-refractivity contribution < 1.29 is 19.1 Å². The largest absolute Gasteiger partial charge is 0.460 e. The molecule has 1 aliphatic rings. The summed E-state index contributed by atoms with van der Waals surface area (Å²) in [5, 5.41) is 0. The highest BCUT2D eigenvalue weighted by Crippen LogP contribution is 2.20. The zero-order valence-corrected chi connectivity index (χ0v) is 11.4. The van der Waals surface area contributed by atoms with Crippen molar-refractivity contribution in [3.8, 4) is 0 Å². The highest BCUT2D eigenvalue weighted by Gasteiger charge is 2.39. The van der Waals surface area contributed by atoms with Crippen LogP contribution in [-0.2, 0) is 20.7 Å². The summed E-state index contributed by atoms with van der Waals surface area (Å²) in [6, 6.07) is 7.58. The molecule has 7 heteroatoms. The summed E-state index contributed by atoms with van der Waals surface area (Å²) in [4.78, 5) is 35.5. The topological polar surface area (TPSA) is 116 Å². The molecule has 0 aliphatic carbocycles. The van der Waals surface area contributed by atoms with Crippen molar-refractivity contribution in [1.82, 2.24) is 4.90 Å². The molecule has 0 saturated carbocycles. The molecule has 0 radical (unpaired) electrons. The van der Waals surface area contributed by atoms with Crippen LogP contribution >= 0.6 is 0 Å². The summed E-state index contributed by atoms with van der Waals surface area (Å²) in [6.45, 7) is 0.0868. The maximum Gasteiger partial charge on any atom is 0.315 e. The molecule has 1 aromatic rings. The van der Waals surface area contributed by atoms with Crippen LogP contribution in [0.4, 0.5) is 4.79 Å². The van der Waals surface area contributed by atoms with Gasteiger partial charge in [-0.2, -0.15) is 0 Å². The summed E-state index contributed by atoms with van der Waals surface area (Å²) in [7, 11) is 0. The van der Waals surface area contributed by atoms with Gasteiger partial charge in [0.2, 0.25) is 5.91 Å². The number of hydrogen-bond donors (Lipinski definition) is 2. The van der Waals surface area contributed by atoms with Crippen molar-refractivity contribution in [2.45, 2.75) is 25.0 Å². The van der Waals surface area contributed by atoms with E-state index in [0.717, 1.165) is 10.5 Å². The molecular formula is C14H17N3O4. The molecule has 1 fully saturated rings. The number of nitrogens with two attached hydrogens (primary N) is 2. The molecule has 7 nitrogen and oxygen atoms in total. The molecule has 1 aromatic carbocycles. The first-order valence-corrected chi connectivity index (χ1v) is 6.56. The van der Waals surface area contributed by atoms with E-state index < -0.39 is 30.1 Å². The summed E-state index contributed by atoms with van der Waals surface area (Å²) < 4.78 is 5.28. The number of amides is 3. The summed E-state index contributed by atoms with van der Waals surface area (Å²) in [5.74, 6) is -1.07. The van der Waals surface area contributed by atoms with E-state index in [2.05, 4.69) is 0 Å². The van der Waals surface area contributed by atoms with Crippen LogP contribution in [0.25, 0.3) is 0 Å². The van der Waals surface area contributed by atoms with E-state index in [1.807, 2.05) is 30.3 Å². The van der Waals surface area contributed by atoms with E-state index in [1.54, 1.807) is 0 Å². The van der Waals surface area contributed by atoms with Gasteiger partial charge in [0.25, 0.3) is 0 Å². The number of benzene rings is 1. The molecular weight excluding hydrogens is 274 g/mol. The molecule has 2 atom stereocenters. The lowest BCUT2D eigenvalue weighted by molar-refractivity contribution is -0.147. The van der Waals surface area contributed by atoms with Gasteiger partial charge in [-0.15, -0.1) is 0 Å². The van der Waals surface area contributed by atoms with Gasteiger partial charge < -0.3 is 21.1 Å². The average Bonchev–Trinajstić information content (AvgIpc) is 2.84. The van der Waals surface area contributed by atoms with Gasteiger partial charge in [0.05, 0.1) is 13.0 Å². The summed E-state index contributed by atoms with van der Waals surface area (Å²) >= 11 is 0. The number of carbonyl (C=O) groups is 3. The molecule has 0 bridgehead atoms. The minimum absolute atomic E-state index is 0.0868. The molecule has 1 saturated heterocycles. The molecule has 1 heterocycles. The van der Waals surface area contributed by atoms with Crippen molar-refractivity contribution in [3.05, 3.63) is 35.9 Å². The average molecular weight is 291 g/mol. The molecule has 0 spiro atoms. The SMILES string of the molecule is NC(=O)C1CC(OC(=O)Cc2ccccc2)CN1C(N)=O. The third-order valence-electron chi connectivity index (χ3n) is 3.36. The molecule has 4 N–H and O–H groups in total.